The van der Waals surface area contributed by atoms with E-state index in [0.29, 0.717) is 0 Å². The van der Waals surface area contributed by atoms with Gasteiger partial charge >= 0.3 is 0 Å². The molecule has 1 N–H and O–H groups in total. The lowest BCUT2D eigenvalue weighted by molar-refractivity contribution is 0.990. The fourth-order valence-electron chi connectivity index (χ4n) is 1.84. The van der Waals surface area contributed by atoms with Crippen molar-refractivity contribution in [2.45, 2.75) is 6.42 Å². The predicted octanol–water partition coefficient (Wildman–Crippen LogP) is 3.35. The van der Waals surface area contributed by atoms with E-state index in [1.807, 2.05) is 35.8 Å². The average Bonchev–Trinajstić information content (AvgIpc) is 2.92. The van der Waals surface area contributed by atoms with Crippen LogP contribution in [0, 0.1) is 0 Å². The molecule has 0 atom stereocenters. The van der Waals surface area contributed by atoms with Crippen LogP contribution in [0.2, 0.25) is 0 Å². The van der Waals surface area contributed by atoms with Crippen LogP contribution in [-0.2, 0) is 6.42 Å². The van der Waals surface area contributed by atoms with Gasteiger partial charge in [-0.2, -0.15) is 0 Å². The Kier molecular flexibility index (Phi) is 3.19. The molecule has 1 aromatic carbocycles. The van der Waals surface area contributed by atoms with Gasteiger partial charge in [-0.15, -0.1) is 11.3 Å². The maximum atomic E-state index is 4.57. The summed E-state index contributed by atoms with van der Waals surface area (Å²) in [4.78, 5) is 8.82. The first kappa shape index (κ1) is 11.2. The number of rotatable bonds is 4. The van der Waals surface area contributed by atoms with E-state index in [0.717, 1.165) is 29.3 Å². The van der Waals surface area contributed by atoms with Crippen LogP contribution in [-0.4, -0.2) is 16.5 Å². The van der Waals surface area contributed by atoms with E-state index in [2.05, 4.69) is 27.4 Å². The largest absolute Gasteiger partial charge is 0.370 e. The molecule has 3 rings (SSSR count). The fraction of sp³-hybridized carbons (Fsp3) is 0.143. The van der Waals surface area contributed by atoms with Crippen LogP contribution in [0.15, 0.2) is 48.0 Å². The number of pyridine rings is 1. The summed E-state index contributed by atoms with van der Waals surface area (Å²) in [6.07, 6.45) is 2.78. The van der Waals surface area contributed by atoms with Gasteiger partial charge in [0.25, 0.3) is 0 Å². The zero-order chi connectivity index (χ0) is 12.2. The first-order valence-electron chi connectivity index (χ1n) is 5.90. The van der Waals surface area contributed by atoms with E-state index in [-0.39, 0.29) is 0 Å². The molecule has 0 bridgehead atoms. The van der Waals surface area contributed by atoms with Gasteiger partial charge in [-0.25, -0.2) is 9.97 Å². The summed E-state index contributed by atoms with van der Waals surface area (Å²) in [6, 6.07) is 12.2. The molecule has 0 radical (unpaired) electrons. The summed E-state index contributed by atoms with van der Waals surface area (Å²) in [5.41, 5.74) is 1.02. The van der Waals surface area contributed by atoms with Gasteiger partial charge < -0.3 is 5.32 Å². The molecule has 0 fully saturated rings. The fourth-order valence-corrected chi connectivity index (χ4v) is 2.46. The minimum absolute atomic E-state index is 0.860. The van der Waals surface area contributed by atoms with Crippen molar-refractivity contribution in [2.75, 3.05) is 11.9 Å². The maximum absolute atomic E-state index is 4.57. The molecule has 3 aromatic rings. The second-order valence-corrected chi connectivity index (χ2v) is 4.97. The quantitative estimate of drug-likeness (QED) is 0.777. The summed E-state index contributed by atoms with van der Waals surface area (Å²) < 4.78 is 0. The van der Waals surface area contributed by atoms with Crippen LogP contribution < -0.4 is 5.32 Å². The third-order valence-corrected chi connectivity index (χ3v) is 3.57. The second-order valence-electron chi connectivity index (χ2n) is 3.99. The molecule has 18 heavy (non-hydrogen) atoms. The molecular weight excluding hydrogens is 242 g/mol. The number of hydrogen-bond acceptors (Lipinski definition) is 4. The topological polar surface area (TPSA) is 37.8 Å². The Labute approximate surface area is 110 Å². The minimum atomic E-state index is 0.860. The van der Waals surface area contributed by atoms with Crippen LogP contribution >= 0.6 is 11.3 Å². The standard InChI is InChI=1S/C14H13N3S/c1-2-4-12-11(3-1)5-6-13(17-12)15-8-7-14-16-9-10-18-14/h1-6,9-10H,7-8H2,(H,15,17). The number of nitrogens with one attached hydrogen (secondary N) is 1. The van der Waals surface area contributed by atoms with Gasteiger partial charge in [-0.05, 0) is 18.2 Å². The van der Waals surface area contributed by atoms with Gasteiger partial charge in [0.1, 0.15) is 5.82 Å². The van der Waals surface area contributed by atoms with Crippen LogP contribution in [0.25, 0.3) is 10.9 Å². The van der Waals surface area contributed by atoms with Gasteiger partial charge in [0.2, 0.25) is 0 Å². The molecule has 4 heteroatoms. The van der Waals surface area contributed by atoms with Crippen molar-refractivity contribution in [3.63, 3.8) is 0 Å². The second kappa shape index (κ2) is 5.14. The first-order valence-corrected chi connectivity index (χ1v) is 6.78. The molecule has 2 heterocycles. The molecule has 90 valence electrons. The monoisotopic (exact) mass is 255 g/mol. The first-order chi connectivity index (χ1) is 8.92. The van der Waals surface area contributed by atoms with Crippen LogP contribution in [0.3, 0.4) is 0 Å². The number of benzene rings is 1. The summed E-state index contributed by atoms with van der Waals surface area (Å²) in [5.74, 6) is 0.922. The summed E-state index contributed by atoms with van der Waals surface area (Å²) in [5, 5.41) is 7.66. The zero-order valence-electron chi connectivity index (χ0n) is 9.84. The van der Waals surface area contributed by atoms with Crippen LogP contribution in [0.4, 0.5) is 5.82 Å². The van der Waals surface area contributed by atoms with E-state index < -0.39 is 0 Å². The molecule has 0 aliphatic carbocycles. The van der Waals surface area contributed by atoms with Gasteiger partial charge in [0, 0.05) is 29.9 Å². The molecule has 3 nitrogen and oxygen atoms in total. The van der Waals surface area contributed by atoms with E-state index in [1.54, 1.807) is 11.3 Å². The lowest BCUT2D eigenvalue weighted by atomic mass is 10.2. The lowest BCUT2D eigenvalue weighted by Gasteiger charge is -2.05. The van der Waals surface area contributed by atoms with Crippen molar-refractivity contribution in [3.8, 4) is 0 Å². The number of nitrogens with zero attached hydrogens (tertiary/aromatic N) is 2. The van der Waals surface area contributed by atoms with Gasteiger partial charge in [0.05, 0.1) is 10.5 Å². The molecule has 0 spiro atoms. The van der Waals surface area contributed by atoms with E-state index in [4.69, 9.17) is 0 Å². The Morgan fingerprint density at radius 2 is 2.06 bits per heavy atom. The summed E-state index contributed by atoms with van der Waals surface area (Å²) in [7, 11) is 0. The van der Waals surface area contributed by atoms with Crippen molar-refractivity contribution in [1.29, 1.82) is 0 Å². The van der Waals surface area contributed by atoms with Gasteiger partial charge in [0.15, 0.2) is 0 Å². The molecule has 0 aliphatic rings. The van der Waals surface area contributed by atoms with Gasteiger partial charge in [-0.1, -0.05) is 18.2 Å². The Balaban J connectivity index is 1.67. The smallest absolute Gasteiger partial charge is 0.126 e. The number of aromatic nitrogens is 2. The van der Waals surface area contributed by atoms with Crippen molar-refractivity contribution in [3.05, 3.63) is 53.0 Å². The maximum Gasteiger partial charge on any atom is 0.126 e. The summed E-state index contributed by atoms with van der Waals surface area (Å²) >= 11 is 1.69. The van der Waals surface area contributed by atoms with Crippen molar-refractivity contribution < 1.29 is 0 Å². The zero-order valence-corrected chi connectivity index (χ0v) is 10.7. The average molecular weight is 255 g/mol. The predicted molar refractivity (Wildman–Crippen MR) is 76.1 cm³/mol. The lowest BCUT2D eigenvalue weighted by Crippen LogP contribution is -2.05. The number of thiazole rings is 1. The van der Waals surface area contributed by atoms with Crippen LogP contribution in [0.1, 0.15) is 5.01 Å². The molecule has 0 saturated heterocycles. The molecule has 0 amide bonds. The Bertz CT molecular complexity index is 634. The number of para-hydroxylation sites is 1. The van der Waals surface area contributed by atoms with Crippen molar-refractivity contribution in [1.82, 2.24) is 9.97 Å². The highest BCUT2D eigenvalue weighted by Crippen LogP contribution is 2.14. The Morgan fingerprint density at radius 1 is 1.11 bits per heavy atom. The molecule has 0 unspecified atom stereocenters. The Hall–Kier alpha value is -1.94. The SMILES string of the molecule is c1ccc2nc(NCCc3nccs3)ccc2c1. The number of hydrogen-bond donors (Lipinski definition) is 1. The van der Waals surface area contributed by atoms with Crippen molar-refractivity contribution in [2.24, 2.45) is 0 Å². The minimum Gasteiger partial charge on any atom is -0.370 e. The van der Waals surface area contributed by atoms with Crippen molar-refractivity contribution >= 4 is 28.1 Å². The van der Waals surface area contributed by atoms with E-state index in [9.17, 15) is 0 Å². The van der Waals surface area contributed by atoms with Gasteiger partial charge in [-0.3, -0.25) is 0 Å². The third-order valence-electron chi connectivity index (χ3n) is 2.73. The normalized spacial score (nSPS) is 10.7. The third kappa shape index (κ3) is 2.49. The number of fused-ring (bicyclic) bond motifs is 1. The molecule has 0 aliphatic heterocycles. The molecule has 2 aromatic heterocycles. The highest BCUT2D eigenvalue weighted by Gasteiger charge is 1.98. The molecule has 0 saturated carbocycles. The summed E-state index contributed by atoms with van der Waals surface area (Å²) in [6.45, 7) is 0.860. The Morgan fingerprint density at radius 3 is 2.94 bits per heavy atom. The van der Waals surface area contributed by atoms with E-state index in [1.165, 1.54) is 5.39 Å². The highest BCUT2D eigenvalue weighted by atomic mass is 32.1. The van der Waals surface area contributed by atoms with Crippen LogP contribution in [0.5, 0.6) is 0 Å². The molecular formula is C14H13N3S. The van der Waals surface area contributed by atoms with E-state index >= 15 is 0 Å². The number of anilines is 1. The highest BCUT2D eigenvalue weighted by molar-refractivity contribution is 7.09.